The van der Waals surface area contributed by atoms with Crippen molar-refractivity contribution in [3.8, 4) is 0 Å². The van der Waals surface area contributed by atoms with E-state index in [-0.39, 0.29) is 6.47 Å². The molecule has 4 saturated heterocycles. The Morgan fingerprint density at radius 1 is 0.750 bits per heavy atom. The highest BCUT2D eigenvalue weighted by molar-refractivity contribution is 5.76. The van der Waals surface area contributed by atoms with Crippen molar-refractivity contribution in [1.29, 1.82) is 0 Å². The lowest BCUT2D eigenvalue weighted by Crippen LogP contribution is -2.68. The summed E-state index contributed by atoms with van der Waals surface area (Å²) in [4.78, 5) is 24.6. The molecule has 0 aliphatic carbocycles. The topological polar surface area (TPSA) is 400 Å². The number of ether oxygens (including phenoxy) is 9. The summed E-state index contributed by atoms with van der Waals surface area (Å²) in [7, 11) is 0. The van der Waals surface area contributed by atoms with E-state index < -0.39 is 185 Å². The lowest BCUT2D eigenvalue weighted by molar-refractivity contribution is -0.450. The lowest BCUT2D eigenvalue weighted by atomic mass is 9.84. The Bertz CT molecular complexity index is 1360. The van der Waals surface area contributed by atoms with E-state index in [1.54, 1.807) is 13.8 Å². The number of carbonyl (C=O) groups is 2. The summed E-state index contributed by atoms with van der Waals surface area (Å²) < 4.78 is 50.4. The Morgan fingerprint density at radius 3 is 1.87 bits per heavy atom. The first-order valence-electron chi connectivity index (χ1n) is 19.4. The van der Waals surface area contributed by atoms with Crippen molar-refractivity contribution in [3.05, 3.63) is 0 Å². The van der Waals surface area contributed by atoms with Crippen LogP contribution in [0.2, 0.25) is 0 Å². The van der Waals surface area contributed by atoms with E-state index >= 15 is 0 Å². The average Bonchev–Trinajstić information content (AvgIpc) is 3.20. The number of carboxylic acids is 1. The van der Waals surface area contributed by atoms with E-state index in [9.17, 15) is 81.1 Å². The Balaban J connectivity index is 1.62. The van der Waals surface area contributed by atoms with Crippen molar-refractivity contribution in [3.63, 3.8) is 0 Å². The molecular formula is C35H60O25. The van der Waals surface area contributed by atoms with Gasteiger partial charge in [-0.05, 0) is 13.8 Å². The molecule has 14 N–H and O–H groups in total. The minimum Gasteiger partial charge on any atom is -0.477 e. The molecule has 0 spiro atoms. The fourth-order valence-electron chi connectivity index (χ4n) is 7.62. The molecule has 4 rings (SSSR count). The molecule has 25 nitrogen and oxygen atoms in total. The van der Waals surface area contributed by atoms with Crippen molar-refractivity contribution in [2.45, 2.75) is 169 Å². The van der Waals surface area contributed by atoms with Crippen LogP contribution in [0.15, 0.2) is 0 Å². The van der Waals surface area contributed by atoms with Crippen LogP contribution < -0.4 is 0 Å². The second-order valence-electron chi connectivity index (χ2n) is 15.7. The van der Waals surface area contributed by atoms with Gasteiger partial charge >= 0.3 is 11.9 Å². The molecule has 0 radical (unpaired) electrons. The quantitative estimate of drug-likeness (QED) is 0.0423. The molecule has 0 amide bonds. The number of rotatable bonds is 19. The zero-order valence-corrected chi connectivity index (χ0v) is 33.2. The van der Waals surface area contributed by atoms with Gasteiger partial charge in [0.25, 0.3) is 12.3 Å². The minimum absolute atomic E-state index is 0.218. The second kappa shape index (κ2) is 21.2. The van der Waals surface area contributed by atoms with Crippen LogP contribution in [0, 0.1) is 11.8 Å². The highest BCUT2D eigenvalue weighted by Gasteiger charge is 2.60. The summed E-state index contributed by atoms with van der Waals surface area (Å²) in [6.45, 7) is 1.73. The first-order valence-corrected chi connectivity index (χ1v) is 19.4. The van der Waals surface area contributed by atoms with Crippen LogP contribution in [-0.2, 0) is 52.2 Å². The third-order valence-electron chi connectivity index (χ3n) is 11.2. The standard InChI is InChI=1S/C35H60O25/c1-12(2)53-31-25(48)24(47)29(20(10-39)55-31)56-32-26(49)30(22(45)18(8-37)54-32)60-35(52-11-40)6-16(42)14(4)28(59-35)23(46)19(9-38)57-34(33(50)51)5-15(41)13(3)27(58-34)21(44)17(43)7-36/h11-32,36-39,41-49H,5-10H2,1-4H3,(H,50,51)/t13-,14-,15-,16-,17-,18?,19-,20?,21-,22+,23-,24-,25?,26?,27?,28?,29-,30+,31-,32+,34-,35+/m1/s1. The van der Waals surface area contributed by atoms with Gasteiger partial charge in [0.2, 0.25) is 0 Å². The van der Waals surface area contributed by atoms with Crippen molar-refractivity contribution in [1.82, 2.24) is 0 Å². The van der Waals surface area contributed by atoms with Crippen LogP contribution in [0.3, 0.4) is 0 Å². The van der Waals surface area contributed by atoms with E-state index in [0.29, 0.717) is 0 Å². The predicted molar refractivity (Wildman–Crippen MR) is 188 cm³/mol. The molecule has 4 aliphatic rings. The summed E-state index contributed by atoms with van der Waals surface area (Å²) in [6, 6.07) is 0. The fraction of sp³-hybridized carbons (Fsp3) is 0.943. The van der Waals surface area contributed by atoms with Gasteiger partial charge in [-0.15, -0.1) is 0 Å². The molecule has 4 aliphatic heterocycles. The molecule has 6 unspecified atom stereocenters. The SMILES string of the molecule is CC(C)O[C@@H]1OC(CO)[C@@H](O[C@@H]2OC(CO)[C@H](O)[C@H](O[C@]3(OC=O)C[C@@H](O)[C@@H](C)C([C@H](O)[C@@H](CO)O[C@]4(C(=O)O)C[C@@H](O)[C@@H](C)C([C@H](O)[C@H](O)CO)O4)O3)C2O)[C@H](O)C1O. The Labute approximate surface area is 343 Å². The van der Waals surface area contributed by atoms with Gasteiger partial charge in [0, 0.05) is 18.3 Å². The zero-order valence-electron chi connectivity index (χ0n) is 33.2. The molecule has 0 aromatic carbocycles. The highest BCUT2D eigenvalue weighted by atomic mass is 16.9. The fourth-order valence-corrected chi connectivity index (χ4v) is 7.62. The monoisotopic (exact) mass is 880 g/mol. The first kappa shape index (κ1) is 50.7. The maximum Gasteiger partial charge on any atom is 0.364 e. The molecule has 22 atom stereocenters. The Morgan fingerprint density at radius 2 is 1.33 bits per heavy atom. The molecule has 0 aromatic rings. The summed E-state index contributed by atoms with van der Waals surface area (Å²) in [5.74, 6) is -9.93. The van der Waals surface area contributed by atoms with Gasteiger partial charge in [-0.2, -0.15) is 0 Å². The number of aliphatic hydroxyl groups is 13. The summed E-state index contributed by atoms with van der Waals surface area (Å²) in [5, 5.41) is 149. The maximum atomic E-state index is 12.7. The molecule has 60 heavy (non-hydrogen) atoms. The maximum absolute atomic E-state index is 12.7. The molecular weight excluding hydrogens is 820 g/mol. The Kier molecular flexibility index (Phi) is 17.9. The lowest BCUT2D eigenvalue weighted by Gasteiger charge is -2.51. The van der Waals surface area contributed by atoms with Gasteiger partial charge in [-0.25, -0.2) is 4.79 Å². The van der Waals surface area contributed by atoms with E-state index in [0.717, 1.165) is 0 Å². The van der Waals surface area contributed by atoms with Crippen LogP contribution in [0.4, 0.5) is 0 Å². The van der Waals surface area contributed by atoms with Crippen LogP contribution in [-0.4, -0.2) is 238 Å². The molecule has 350 valence electrons. The third-order valence-corrected chi connectivity index (χ3v) is 11.2. The summed E-state index contributed by atoms with van der Waals surface area (Å²) in [5.41, 5.74) is 0. The summed E-state index contributed by atoms with van der Waals surface area (Å²) >= 11 is 0. The van der Waals surface area contributed by atoms with E-state index in [4.69, 9.17) is 42.6 Å². The zero-order chi connectivity index (χ0) is 45.0. The Hall–Kier alpha value is -1.90. The van der Waals surface area contributed by atoms with Crippen molar-refractivity contribution >= 4 is 12.4 Å². The largest absolute Gasteiger partial charge is 0.477 e. The first-order chi connectivity index (χ1) is 28.1. The number of aliphatic hydroxyl groups excluding tert-OH is 13. The minimum atomic E-state index is -2.93. The highest BCUT2D eigenvalue weighted by Crippen LogP contribution is 2.42. The molecule has 0 aromatic heterocycles. The van der Waals surface area contributed by atoms with Gasteiger partial charge in [0.05, 0.1) is 63.4 Å². The van der Waals surface area contributed by atoms with Crippen molar-refractivity contribution in [2.75, 3.05) is 26.4 Å². The van der Waals surface area contributed by atoms with Gasteiger partial charge in [0.15, 0.2) is 12.6 Å². The normalized spacial score (nSPS) is 44.8. The molecule has 4 heterocycles. The van der Waals surface area contributed by atoms with E-state index in [1.165, 1.54) is 13.8 Å². The average molecular weight is 881 g/mol. The van der Waals surface area contributed by atoms with Gasteiger partial charge < -0.3 is 114 Å². The molecule has 4 fully saturated rings. The van der Waals surface area contributed by atoms with Gasteiger partial charge in [0.1, 0.15) is 73.2 Å². The molecule has 0 bridgehead atoms. The van der Waals surface area contributed by atoms with Crippen molar-refractivity contribution < 1.29 is 124 Å². The number of hydrogen-bond acceptors (Lipinski definition) is 24. The van der Waals surface area contributed by atoms with Crippen LogP contribution in [0.5, 0.6) is 0 Å². The van der Waals surface area contributed by atoms with Gasteiger partial charge in [-0.3, -0.25) is 4.79 Å². The van der Waals surface area contributed by atoms with E-state index in [1.807, 2.05) is 0 Å². The number of carboxylic acid groups (broad SMARTS) is 1. The number of hydrogen-bond donors (Lipinski definition) is 14. The van der Waals surface area contributed by atoms with Gasteiger partial charge in [-0.1, -0.05) is 13.8 Å². The third kappa shape index (κ3) is 10.7. The second-order valence-corrected chi connectivity index (χ2v) is 15.7. The van der Waals surface area contributed by atoms with Crippen molar-refractivity contribution in [2.24, 2.45) is 11.8 Å². The smallest absolute Gasteiger partial charge is 0.364 e. The number of carbonyl (C=O) groups excluding carboxylic acids is 1. The molecule has 25 heteroatoms. The predicted octanol–water partition coefficient (Wildman–Crippen LogP) is -7.31. The molecule has 0 saturated carbocycles. The van der Waals surface area contributed by atoms with Crippen LogP contribution in [0.25, 0.3) is 0 Å². The van der Waals surface area contributed by atoms with E-state index in [2.05, 4.69) is 0 Å². The number of aliphatic carboxylic acids is 1. The summed E-state index contributed by atoms with van der Waals surface area (Å²) in [6.07, 6.45) is -34.9. The van der Waals surface area contributed by atoms with Crippen LogP contribution in [0.1, 0.15) is 40.5 Å². The van der Waals surface area contributed by atoms with Crippen LogP contribution >= 0.6 is 0 Å².